The fourth-order valence-electron chi connectivity index (χ4n) is 2.73. The van der Waals surface area contributed by atoms with Crippen molar-refractivity contribution in [1.82, 2.24) is 15.4 Å². The largest absolute Gasteiger partial charge is 0.488 e. The summed E-state index contributed by atoms with van der Waals surface area (Å²) in [4.78, 5) is 31.1. The summed E-state index contributed by atoms with van der Waals surface area (Å²) in [6, 6.07) is 15.3. The number of thioether (sulfide) groups is 1. The smallest absolute Gasteiger partial charge is 0.269 e. The maximum Gasteiger partial charge on any atom is 0.269 e. The number of hydrogen-bond acceptors (Lipinski definition) is 8. The monoisotopic (exact) mass is 451 g/mol. The Morgan fingerprint density at radius 2 is 1.91 bits per heavy atom. The fourth-order valence-corrected chi connectivity index (χ4v) is 3.48. The van der Waals surface area contributed by atoms with Gasteiger partial charge in [0.2, 0.25) is 0 Å². The summed E-state index contributed by atoms with van der Waals surface area (Å²) in [5.41, 5.74) is 5.50. The van der Waals surface area contributed by atoms with Gasteiger partial charge in [0.25, 0.3) is 11.6 Å². The van der Waals surface area contributed by atoms with Crippen LogP contribution in [0.4, 0.5) is 5.69 Å². The third-order valence-electron chi connectivity index (χ3n) is 4.12. The van der Waals surface area contributed by atoms with Gasteiger partial charge in [-0.25, -0.2) is 15.4 Å². The molecular weight excluding hydrogens is 430 g/mol. The number of ether oxygens (including phenoxy) is 1. The number of para-hydroxylation sites is 1. The SMILES string of the molecule is Cc1cc(C)nc(SCC(=O)N/N=C\c2ccccc2OCc2cccc([N+](=O)[O-])c2)n1. The first-order valence-electron chi connectivity index (χ1n) is 9.63. The van der Waals surface area contributed by atoms with E-state index in [-0.39, 0.29) is 24.0 Å². The molecule has 0 saturated heterocycles. The van der Waals surface area contributed by atoms with Crippen molar-refractivity contribution >= 4 is 29.6 Å². The van der Waals surface area contributed by atoms with E-state index >= 15 is 0 Å². The zero-order chi connectivity index (χ0) is 22.9. The summed E-state index contributed by atoms with van der Waals surface area (Å²) in [7, 11) is 0. The van der Waals surface area contributed by atoms with Gasteiger partial charge in [-0.15, -0.1) is 0 Å². The van der Waals surface area contributed by atoms with Gasteiger partial charge in [0.15, 0.2) is 5.16 Å². The highest BCUT2D eigenvalue weighted by molar-refractivity contribution is 7.99. The number of nitro groups is 1. The lowest BCUT2D eigenvalue weighted by molar-refractivity contribution is -0.384. The molecule has 0 unspecified atom stereocenters. The van der Waals surface area contributed by atoms with Gasteiger partial charge in [-0.1, -0.05) is 36.0 Å². The number of amides is 1. The molecule has 0 aliphatic rings. The number of hydrogen-bond donors (Lipinski definition) is 1. The molecule has 1 N–H and O–H groups in total. The number of rotatable bonds is 9. The molecule has 0 radical (unpaired) electrons. The first-order chi connectivity index (χ1) is 15.4. The number of benzene rings is 2. The zero-order valence-electron chi connectivity index (χ0n) is 17.5. The second-order valence-electron chi connectivity index (χ2n) is 6.77. The summed E-state index contributed by atoms with van der Waals surface area (Å²) in [5, 5.41) is 15.5. The van der Waals surface area contributed by atoms with E-state index in [2.05, 4.69) is 20.5 Å². The number of aromatic nitrogens is 2. The standard InChI is InChI=1S/C22H21N5O4S/c1-15-10-16(2)25-22(24-15)32-14-21(28)26-23-12-18-7-3-4-9-20(18)31-13-17-6-5-8-19(11-17)27(29)30/h3-12H,13-14H2,1-2H3,(H,26,28)/b23-12-. The predicted octanol–water partition coefficient (Wildman–Crippen LogP) is 3.82. The zero-order valence-corrected chi connectivity index (χ0v) is 18.3. The van der Waals surface area contributed by atoms with Crippen molar-refractivity contribution in [2.24, 2.45) is 5.10 Å². The maximum atomic E-state index is 12.1. The van der Waals surface area contributed by atoms with Crippen LogP contribution < -0.4 is 10.2 Å². The van der Waals surface area contributed by atoms with Crippen LogP contribution >= 0.6 is 11.8 Å². The Morgan fingerprint density at radius 3 is 2.66 bits per heavy atom. The lowest BCUT2D eigenvalue weighted by Crippen LogP contribution is -2.20. The van der Waals surface area contributed by atoms with Gasteiger partial charge in [0.1, 0.15) is 12.4 Å². The van der Waals surface area contributed by atoms with Crippen LogP contribution in [0.3, 0.4) is 0 Å². The van der Waals surface area contributed by atoms with Crippen LogP contribution in [0.1, 0.15) is 22.5 Å². The van der Waals surface area contributed by atoms with E-state index < -0.39 is 4.92 Å². The van der Waals surface area contributed by atoms with Gasteiger partial charge < -0.3 is 4.74 Å². The number of aryl methyl sites for hydroxylation is 2. The Kier molecular flexibility index (Phi) is 7.87. The van der Waals surface area contributed by atoms with E-state index in [0.717, 1.165) is 11.4 Å². The van der Waals surface area contributed by atoms with Crippen LogP contribution in [0.25, 0.3) is 0 Å². The molecule has 0 fully saturated rings. The minimum Gasteiger partial charge on any atom is -0.488 e. The lowest BCUT2D eigenvalue weighted by Gasteiger charge is -2.09. The highest BCUT2D eigenvalue weighted by Gasteiger charge is 2.08. The molecule has 0 atom stereocenters. The van der Waals surface area contributed by atoms with Gasteiger partial charge >= 0.3 is 0 Å². The molecule has 164 valence electrons. The molecule has 1 amide bonds. The average molecular weight is 452 g/mol. The van der Waals surface area contributed by atoms with Crippen molar-refractivity contribution in [2.45, 2.75) is 25.6 Å². The van der Waals surface area contributed by atoms with Crippen LogP contribution in [0, 0.1) is 24.0 Å². The molecule has 2 aromatic carbocycles. The lowest BCUT2D eigenvalue weighted by atomic mass is 10.2. The van der Waals surface area contributed by atoms with Crippen molar-refractivity contribution in [3.05, 3.63) is 87.2 Å². The minimum atomic E-state index is -0.447. The Labute approximate surface area is 189 Å². The second-order valence-corrected chi connectivity index (χ2v) is 7.71. The topological polar surface area (TPSA) is 120 Å². The van der Waals surface area contributed by atoms with Gasteiger partial charge in [-0.05, 0) is 37.6 Å². The Balaban J connectivity index is 1.55. The molecule has 3 aromatic rings. The highest BCUT2D eigenvalue weighted by atomic mass is 32.2. The van der Waals surface area contributed by atoms with E-state index in [1.807, 2.05) is 26.0 Å². The molecule has 1 aromatic heterocycles. The third-order valence-corrected chi connectivity index (χ3v) is 4.97. The van der Waals surface area contributed by atoms with Crippen molar-refractivity contribution in [3.63, 3.8) is 0 Å². The van der Waals surface area contributed by atoms with Crippen LogP contribution in [0.15, 0.2) is 64.9 Å². The summed E-state index contributed by atoms with van der Waals surface area (Å²) in [6.45, 7) is 3.91. The van der Waals surface area contributed by atoms with Gasteiger partial charge in [-0.2, -0.15) is 5.10 Å². The first kappa shape index (κ1) is 22.9. The molecule has 0 saturated carbocycles. The molecular formula is C22H21N5O4S. The number of nitro benzene ring substituents is 1. The Hall–Kier alpha value is -3.79. The Morgan fingerprint density at radius 1 is 1.16 bits per heavy atom. The van der Waals surface area contributed by atoms with Crippen molar-refractivity contribution in [2.75, 3.05) is 5.75 Å². The molecule has 0 spiro atoms. The number of carbonyl (C=O) groups excluding carboxylic acids is 1. The molecule has 0 bridgehead atoms. The number of nitrogens with one attached hydrogen (secondary N) is 1. The summed E-state index contributed by atoms with van der Waals surface area (Å²) >= 11 is 1.23. The number of non-ortho nitro benzene ring substituents is 1. The molecule has 32 heavy (non-hydrogen) atoms. The number of nitrogens with zero attached hydrogens (tertiary/aromatic N) is 4. The van der Waals surface area contributed by atoms with Crippen molar-refractivity contribution < 1.29 is 14.5 Å². The highest BCUT2D eigenvalue weighted by Crippen LogP contribution is 2.19. The normalized spacial score (nSPS) is 10.8. The van der Waals surface area contributed by atoms with Gasteiger partial charge in [0, 0.05) is 29.1 Å². The van der Waals surface area contributed by atoms with Crippen LogP contribution in [-0.4, -0.2) is 32.8 Å². The summed E-state index contributed by atoms with van der Waals surface area (Å²) < 4.78 is 5.80. The van der Waals surface area contributed by atoms with E-state index in [1.165, 1.54) is 30.1 Å². The molecule has 3 rings (SSSR count). The minimum absolute atomic E-state index is 0.00718. The summed E-state index contributed by atoms with van der Waals surface area (Å²) in [6.07, 6.45) is 1.48. The van der Waals surface area contributed by atoms with Crippen LogP contribution in [0.2, 0.25) is 0 Å². The molecule has 0 aliphatic heterocycles. The fraction of sp³-hybridized carbons (Fsp3) is 0.182. The molecule has 0 aliphatic carbocycles. The molecule has 1 heterocycles. The average Bonchev–Trinajstić information content (AvgIpc) is 2.76. The van der Waals surface area contributed by atoms with Crippen LogP contribution in [-0.2, 0) is 11.4 Å². The van der Waals surface area contributed by atoms with E-state index in [1.54, 1.807) is 30.3 Å². The van der Waals surface area contributed by atoms with Crippen molar-refractivity contribution in [1.29, 1.82) is 0 Å². The van der Waals surface area contributed by atoms with E-state index in [9.17, 15) is 14.9 Å². The quantitative estimate of drug-likeness (QED) is 0.173. The first-order valence-corrected chi connectivity index (χ1v) is 10.6. The summed E-state index contributed by atoms with van der Waals surface area (Å²) in [5.74, 6) is 0.379. The van der Waals surface area contributed by atoms with Gasteiger partial charge in [0.05, 0.1) is 16.9 Å². The second kappa shape index (κ2) is 11.0. The predicted molar refractivity (Wildman–Crippen MR) is 122 cm³/mol. The van der Waals surface area contributed by atoms with Crippen molar-refractivity contribution in [3.8, 4) is 5.75 Å². The molecule has 10 heteroatoms. The number of carbonyl (C=O) groups is 1. The maximum absolute atomic E-state index is 12.1. The van der Waals surface area contributed by atoms with Gasteiger partial charge in [-0.3, -0.25) is 14.9 Å². The number of hydrazone groups is 1. The van der Waals surface area contributed by atoms with E-state index in [0.29, 0.717) is 22.0 Å². The third kappa shape index (κ3) is 6.88. The van der Waals surface area contributed by atoms with E-state index in [4.69, 9.17) is 4.74 Å². The van der Waals surface area contributed by atoms with Crippen LogP contribution in [0.5, 0.6) is 5.75 Å². The Bertz CT molecular complexity index is 1130. The molecule has 9 nitrogen and oxygen atoms in total.